The van der Waals surface area contributed by atoms with E-state index in [2.05, 4.69) is 16.4 Å². The Morgan fingerprint density at radius 1 is 1.06 bits per heavy atom. The number of aliphatic carboxylic acids is 1. The number of carboxylic acid groups (broad SMARTS) is 2. The number of halogens is 2. The van der Waals surface area contributed by atoms with E-state index in [-0.39, 0.29) is 54.0 Å². The number of hydrogen-bond donors (Lipinski definition) is 3. The summed E-state index contributed by atoms with van der Waals surface area (Å²) < 4.78 is 1.49. The van der Waals surface area contributed by atoms with Crippen molar-refractivity contribution in [3.8, 4) is 6.07 Å². The number of aromatic nitrogens is 2. The molecule has 47 heavy (non-hydrogen) atoms. The van der Waals surface area contributed by atoms with Crippen molar-refractivity contribution in [1.82, 2.24) is 24.7 Å². The number of carbonyl (C=O) groups excluding carboxylic acids is 3. The normalized spacial score (nSPS) is 21.2. The minimum Gasteiger partial charge on any atom is -0.480 e. The van der Waals surface area contributed by atoms with Crippen LogP contribution >= 0.6 is 23.2 Å². The van der Waals surface area contributed by atoms with E-state index in [1.165, 1.54) is 21.7 Å². The van der Waals surface area contributed by atoms with E-state index in [1.807, 2.05) is 0 Å². The van der Waals surface area contributed by atoms with Crippen LogP contribution in [0.1, 0.15) is 41.4 Å². The lowest BCUT2D eigenvalue weighted by atomic mass is 9.91. The van der Waals surface area contributed by atoms with Gasteiger partial charge in [-0.25, -0.2) is 19.5 Å². The molecule has 14 nitrogen and oxygen atoms in total. The SMILES string of the molecule is C[C@@]1(Cc2ccc(C#N)cc2)C(=O)N(c2cc(Cl)cc(Cl)c2)c2ncc(C(=O)NC3(C(=O)N4CCN(C(=O)O)CC4C(=O)O)CC3)n21. The number of piperazine rings is 1. The summed E-state index contributed by atoms with van der Waals surface area (Å²) in [5, 5.41) is 31.7. The van der Waals surface area contributed by atoms with Crippen molar-refractivity contribution in [3.05, 3.63) is 75.5 Å². The van der Waals surface area contributed by atoms with Crippen LogP contribution in [-0.2, 0) is 26.3 Å². The molecule has 1 aromatic heterocycles. The van der Waals surface area contributed by atoms with Gasteiger partial charge in [-0.1, -0.05) is 35.3 Å². The lowest BCUT2D eigenvalue weighted by Crippen LogP contribution is -2.63. The molecule has 0 radical (unpaired) electrons. The monoisotopic (exact) mass is 679 g/mol. The fourth-order valence-corrected chi connectivity index (χ4v) is 6.72. The summed E-state index contributed by atoms with van der Waals surface area (Å²) in [6, 6.07) is 11.9. The van der Waals surface area contributed by atoms with E-state index >= 15 is 0 Å². The van der Waals surface area contributed by atoms with E-state index in [1.54, 1.807) is 43.3 Å². The summed E-state index contributed by atoms with van der Waals surface area (Å²) >= 11 is 12.5. The summed E-state index contributed by atoms with van der Waals surface area (Å²) in [5.41, 5.74) is -1.39. The number of amides is 4. The minimum atomic E-state index is -1.42. The highest BCUT2D eigenvalue weighted by Crippen LogP contribution is 2.44. The number of nitrogens with one attached hydrogen (secondary N) is 1. The number of nitriles is 1. The zero-order valence-electron chi connectivity index (χ0n) is 24.8. The van der Waals surface area contributed by atoms with Crippen molar-refractivity contribution in [2.45, 2.75) is 43.3 Å². The molecule has 1 aliphatic carbocycles. The number of nitrogens with zero attached hydrogens (tertiary/aromatic N) is 6. The van der Waals surface area contributed by atoms with Gasteiger partial charge < -0.3 is 25.3 Å². The number of benzene rings is 2. The second-order valence-corrected chi connectivity index (χ2v) is 12.8. The van der Waals surface area contributed by atoms with Gasteiger partial charge in [-0.3, -0.25) is 19.0 Å². The Hall–Kier alpha value is -5.13. The van der Waals surface area contributed by atoms with Crippen molar-refractivity contribution in [2.75, 3.05) is 24.5 Å². The third-order valence-corrected chi connectivity index (χ3v) is 9.22. The van der Waals surface area contributed by atoms with Crippen molar-refractivity contribution < 1.29 is 34.2 Å². The van der Waals surface area contributed by atoms with Gasteiger partial charge in [-0.2, -0.15) is 5.26 Å². The maximum Gasteiger partial charge on any atom is 0.407 e. The van der Waals surface area contributed by atoms with Crippen LogP contribution in [-0.4, -0.2) is 90.6 Å². The highest BCUT2D eigenvalue weighted by atomic mass is 35.5. The van der Waals surface area contributed by atoms with E-state index in [0.29, 0.717) is 16.8 Å². The topological polar surface area (TPSA) is 189 Å². The molecule has 3 N–H and O–H groups in total. The summed E-state index contributed by atoms with van der Waals surface area (Å²) in [4.78, 5) is 73.3. The van der Waals surface area contributed by atoms with Crippen LogP contribution < -0.4 is 10.2 Å². The smallest absolute Gasteiger partial charge is 0.407 e. The number of anilines is 2. The first kappa shape index (κ1) is 31.8. The van der Waals surface area contributed by atoms with Crippen LogP contribution in [0, 0.1) is 11.3 Å². The van der Waals surface area contributed by atoms with E-state index < -0.39 is 53.4 Å². The van der Waals surface area contributed by atoms with Crippen LogP contribution in [0.25, 0.3) is 0 Å². The largest absolute Gasteiger partial charge is 0.480 e. The Morgan fingerprint density at radius 2 is 1.72 bits per heavy atom. The predicted octanol–water partition coefficient (Wildman–Crippen LogP) is 3.24. The number of carbonyl (C=O) groups is 5. The van der Waals surface area contributed by atoms with Gasteiger partial charge in [0, 0.05) is 29.6 Å². The number of hydrogen-bond acceptors (Lipinski definition) is 7. The molecule has 242 valence electrons. The quantitative estimate of drug-likeness (QED) is 0.337. The molecule has 1 saturated heterocycles. The van der Waals surface area contributed by atoms with Gasteiger partial charge in [0.25, 0.3) is 11.8 Å². The molecule has 0 spiro atoms. The van der Waals surface area contributed by atoms with E-state index in [0.717, 1.165) is 9.80 Å². The van der Waals surface area contributed by atoms with Gasteiger partial charge in [0.15, 0.2) is 0 Å². The molecular weight excluding hydrogens is 653 g/mol. The van der Waals surface area contributed by atoms with Gasteiger partial charge in [0.2, 0.25) is 11.9 Å². The average molecular weight is 681 g/mol. The second-order valence-electron chi connectivity index (χ2n) is 11.9. The standard InChI is InChI=1S/C31H27Cl2N7O7/c1-30(13-17-2-4-18(14-34)5-3-17)26(44)39(21-11-19(32)10-20(33)12-21)28-35-15-22(40(28)30)24(41)36-31(6-7-31)27(45)38-9-8-37(29(46)47)16-23(38)25(42)43/h2-5,10-12,15,23H,6-9,13,16H2,1H3,(H,36,41)(H,42,43)(H,46,47)/t23?,30-/m1/s1. The van der Waals surface area contributed by atoms with Crippen LogP contribution in [0.2, 0.25) is 10.0 Å². The highest BCUT2D eigenvalue weighted by Gasteiger charge is 2.57. The number of imidazole rings is 1. The van der Waals surface area contributed by atoms with Gasteiger partial charge in [-0.15, -0.1) is 0 Å². The fourth-order valence-electron chi connectivity index (χ4n) is 6.21. The molecule has 3 heterocycles. The zero-order chi connectivity index (χ0) is 33.8. The zero-order valence-corrected chi connectivity index (χ0v) is 26.3. The Kier molecular flexibility index (Phi) is 7.85. The maximum absolute atomic E-state index is 14.3. The third-order valence-electron chi connectivity index (χ3n) is 8.78. The summed E-state index contributed by atoms with van der Waals surface area (Å²) in [6.07, 6.45) is 0.570. The van der Waals surface area contributed by atoms with Gasteiger partial charge >= 0.3 is 12.1 Å². The number of carboxylic acids is 1. The molecule has 3 aliphatic rings. The molecule has 2 aliphatic heterocycles. The fraction of sp³-hybridized carbons (Fsp3) is 0.323. The Balaban J connectivity index is 1.35. The second kappa shape index (κ2) is 11.6. The lowest BCUT2D eigenvalue weighted by Gasteiger charge is -2.39. The molecular formula is C31H27Cl2N7O7. The molecule has 2 aromatic carbocycles. The van der Waals surface area contributed by atoms with Crippen molar-refractivity contribution >= 4 is 64.6 Å². The molecule has 0 bridgehead atoms. The van der Waals surface area contributed by atoms with Crippen LogP contribution in [0.4, 0.5) is 16.4 Å². The molecule has 1 saturated carbocycles. The highest BCUT2D eigenvalue weighted by molar-refractivity contribution is 6.35. The number of rotatable bonds is 7. The first-order valence-electron chi connectivity index (χ1n) is 14.5. The first-order chi connectivity index (χ1) is 22.3. The van der Waals surface area contributed by atoms with E-state index in [9.17, 15) is 39.4 Å². The summed E-state index contributed by atoms with van der Waals surface area (Å²) in [6.45, 7) is 1.01. The molecule has 1 unspecified atom stereocenters. The summed E-state index contributed by atoms with van der Waals surface area (Å²) in [5.74, 6) is -3.03. The molecule has 2 atom stereocenters. The van der Waals surface area contributed by atoms with Crippen LogP contribution in [0.5, 0.6) is 0 Å². The molecule has 3 aromatic rings. The van der Waals surface area contributed by atoms with Crippen molar-refractivity contribution in [1.29, 1.82) is 5.26 Å². The van der Waals surface area contributed by atoms with Crippen LogP contribution in [0.15, 0.2) is 48.7 Å². The third kappa shape index (κ3) is 5.51. The van der Waals surface area contributed by atoms with Crippen molar-refractivity contribution in [3.63, 3.8) is 0 Å². The lowest BCUT2D eigenvalue weighted by molar-refractivity contribution is -0.154. The molecule has 6 rings (SSSR count). The molecule has 2 fully saturated rings. The van der Waals surface area contributed by atoms with Gasteiger partial charge in [-0.05, 0) is 55.7 Å². The molecule has 16 heteroatoms. The maximum atomic E-state index is 14.3. The predicted molar refractivity (Wildman–Crippen MR) is 167 cm³/mol. The first-order valence-corrected chi connectivity index (χ1v) is 15.3. The Labute approximate surface area is 277 Å². The van der Waals surface area contributed by atoms with Crippen LogP contribution in [0.3, 0.4) is 0 Å². The summed E-state index contributed by atoms with van der Waals surface area (Å²) in [7, 11) is 0. The van der Waals surface area contributed by atoms with Gasteiger partial charge in [0.1, 0.15) is 22.8 Å². The van der Waals surface area contributed by atoms with Gasteiger partial charge in [0.05, 0.1) is 30.1 Å². The van der Waals surface area contributed by atoms with E-state index in [4.69, 9.17) is 23.2 Å². The molecule has 4 amide bonds. The van der Waals surface area contributed by atoms with Crippen molar-refractivity contribution in [2.24, 2.45) is 0 Å². The number of fused-ring (bicyclic) bond motifs is 1. The Morgan fingerprint density at radius 3 is 2.30 bits per heavy atom. The minimum absolute atomic E-state index is 0.0234. The average Bonchev–Trinajstić information content (AvgIpc) is 3.61. The Bertz CT molecular complexity index is 1860.